The van der Waals surface area contributed by atoms with E-state index in [0.29, 0.717) is 16.1 Å². The van der Waals surface area contributed by atoms with Crippen LogP contribution in [-0.4, -0.2) is 15.1 Å². The van der Waals surface area contributed by atoms with Crippen LogP contribution >= 0.6 is 11.6 Å². The minimum Gasteiger partial charge on any atom is -0.507 e. The first-order valence-electron chi connectivity index (χ1n) is 5.27. The molecule has 2 rings (SSSR count). The van der Waals surface area contributed by atoms with E-state index in [4.69, 9.17) is 28.3 Å². The summed E-state index contributed by atoms with van der Waals surface area (Å²) < 4.78 is 0. The van der Waals surface area contributed by atoms with Crippen molar-refractivity contribution in [1.82, 2.24) is 9.97 Å². The molecule has 1 aromatic heterocycles. The lowest BCUT2D eigenvalue weighted by Gasteiger charge is -2.10. The summed E-state index contributed by atoms with van der Waals surface area (Å²) in [5.74, 6) is -0.169. The van der Waals surface area contributed by atoms with Gasteiger partial charge in [0.15, 0.2) is 0 Å². The van der Waals surface area contributed by atoms with E-state index in [-0.39, 0.29) is 28.8 Å². The lowest BCUT2D eigenvalue weighted by Crippen LogP contribution is -2.05. The van der Waals surface area contributed by atoms with Gasteiger partial charge in [-0.2, -0.15) is 10.2 Å². The van der Waals surface area contributed by atoms with Crippen LogP contribution in [0.15, 0.2) is 12.1 Å². The van der Waals surface area contributed by atoms with Crippen molar-refractivity contribution in [1.29, 1.82) is 5.26 Å². The molecule has 0 atom stereocenters. The highest BCUT2D eigenvalue weighted by Crippen LogP contribution is 2.37. The third-order valence-electron chi connectivity index (χ3n) is 2.69. The fraction of sp³-hybridized carbons (Fsp3) is 0.0833. The van der Waals surface area contributed by atoms with Gasteiger partial charge in [-0.3, -0.25) is 0 Å². The molecule has 6 nitrogen and oxygen atoms in total. The number of nitrogen functional groups attached to an aromatic ring is 2. The molecular formula is C12H10ClN5O. The van der Waals surface area contributed by atoms with Crippen molar-refractivity contribution >= 4 is 23.4 Å². The largest absolute Gasteiger partial charge is 0.507 e. The van der Waals surface area contributed by atoms with Gasteiger partial charge in [-0.05, 0) is 19.1 Å². The molecule has 0 fully saturated rings. The van der Waals surface area contributed by atoms with E-state index in [9.17, 15) is 5.11 Å². The van der Waals surface area contributed by atoms with Gasteiger partial charge in [-0.25, -0.2) is 4.98 Å². The molecule has 0 aliphatic heterocycles. The number of hydrogen-bond acceptors (Lipinski definition) is 6. The second-order valence-corrected chi connectivity index (χ2v) is 4.28. The zero-order chi connectivity index (χ0) is 14.2. The van der Waals surface area contributed by atoms with E-state index in [1.807, 2.05) is 6.07 Å². The SMILES string of the molecule is Cc1c(Cl)ccc(-c2nc(N)nc(N)c2C#N)c1O. The first-order valence-corrected chi connectivity index (χ1v) is 5.65. The smallest absolute Gasteiger partial charge is 0.222 e. The number of benzene rings is 1. The average molecular weight is 276 g/mol. The first-order chi connectivity index (χ1) is 8.95. The molecule has 2 aromatic rings. The van der Waals surface area contributed by atoms with Crippen molar-refractivity contribution < 1.29 is 5.11 Å². The summed E-state index contributed by atoms with van der Waals surface area (Å²) in [6.07, 6.45) is 0. The van der Waals surface area contributed by atoms with Crippen LogP contribution in [-0.2, 0) is 0 Å². The number of nitriles is 1. The fourth-order valence-electron chi connectivity index (χ4n) is 1.67. The van der Waals surface area contributed by atoms with E-state index in [2.05, 4.69) is 9.97 Å². The van der Waals surface area contributed by atoms with Crippen LogP contribution in [0.25, 0.3) is 11.3 Å². The van der Waals surface area contributed by atoms with Gasteiger partial charge in [0.05, 0.1) is 5.69 Å². The predicted octanol–water partition coefficient (Wildman–Crippen LogP) is 1.85. The second kappa shape index (κ2) is 4.63. The van der Waals surface area contributed by atoms with Gasteiger partial charge in [0, 0.05) is 16.1 Å². The number of nitrogens with zero attached hydrogens (tertiary/aromatic N) is 3. The number of phenols is 1. The number of halogens is 1. The molecule has 0 aliphatic rings. The Morgan fingerprint density at radius 3 is 2.63 bits per heavy atom. The Bertz CT molecular complexity index is 708. The van der Waals surface area contributed by atoms with E-state index in [0.717, 1.165) is 0 Å². The molecule has 19 heavy (non-hydrogen) atoms. The molecule has 96 valence electrons. The molecule has 7 heteroatoms. The van der Waals surface area contributed by atoms with Gasteiger partial charge in [-0.1, -0.05) is 11.6 Å². The normalized spacial score (nSPS) is 10.2. The average Bonchev–Trinajstić information content (AvgIpc) is 2.35. The number of phenolic OH excluding ortho intramolecular Hbond substituents is 1. The van der Waals surface area contributed by atoms with Crippen molar-refractivity contribution in [3.8, 4) is 23.1 Å². The third-order valence-corrected chi connectivity index (χ3v) is 3.10. The highest BCUT2D eigenvalue weighted by molar-refractivity contribution is 6.31. The predicted molar refractivity (Wildman–Crippen MR) is 72.4 cm³/mol. The Morgan fingerprint density at radius 1 is 1.32 bits per heavy atom. The Morgan fingerprint density at radius 2 is 2.00 bits per heavy atom. The van der Waals surface area contributed by atoms with Crippen molar-refractivity contribution in [3.63, 3.8) is 0 Å². The Balaban J connectivity index is 2.80. The quantitative estimate of drug-likeness (QED) is 0.730. The molecule has 1 heterocycles. The van der Waals surface area contributed by atoms with Crippen LogP contribution < -0.4 is 11.5 Å². The maximum absolute atomic E-state index is 10.1. The topological polar surface area (TPSA) is 122 Å². The third kappa shape index (κ3) is 2.11. The van der Waals surface area contributed by atoms with Gasteiger partial charge < -0.3 is 16.6 Å². The Hall–Kier alpha value is -2.52. The van der Waals surface area contributed by atoms with Crippen LogP contribution in [0.1, 0.15) is 11.1 Å². The lowest BCUT2D eigenvalue weighted by molar-refractivity contribution is 0.473. The molecule has 0 radical (unpaired) electrons. The highest BCUT2D eigenvalue weighted by atomic mass is 35.5. The summed E-state index contributed by atoms with van der Waals surface area (Å²) in [5, 5.41) is 19.6. The van der Waals surface area contributed by atoms with Crippen molar-refractivity contribution in [2.45, 2.75) is 6.92 Å². The molecule has 0 saturated heterocycles. The summed E-state index contributed by atoms with van der Waals surface area (Å²) in [4.78, 5) is 7.68. The molecule has 0 saturated carbocycles. The van der Waals surface area contributed by atoms with E-state index >= 15 is 0 Å². The molecule has 1 aromatic carbocycles. The summed E-state index contributed by atoms with van der Waals surface area (Å²) in [6.45, 7) is 1.65. The summed E-state index contributed by atoms with van der Waals surface area (Å²) in [7, 11) is 0. The molecule has 0 aliphatic carbocycles. The van der Waals surface area contributed by atoms with E-state index < -0.39 is 0 Å². The Kier molecular flexibility index (Phi) is 3.15. The van der Waals surface area contributed by atoms with Crippen LogP contribution in [0, 0.1) is 18.3 Å². The molecule has 0 bridgehead atoms. The molecule has 0 spiro atoms. The number of anilines is 2. The van der Waals surface area contributed by atoms with Crippen LogP contribution in [0.5, 0.6) is 5.75 Å². The van der Waals surface area contributed by atoms with E-state index in [1.54, 1.807) is 19.1 Å². The fourth-order valence-corrected chi connectivity index (χ4v) is 1.82. The maximum Gasteiger partial charge on any atom is 0.222 e. The van der Waals surface area contributed by atoms with Crippen LogP contribution in [0.4, 0.5) is 11.8 Å². The molecule has 0 unspecified atom stereocenters. The second-order valence-electron chi connectivity index (χ2n) is 3.87. The number of hydrogen-bond donors (Lipinski definition) is 3. The van der Waals surface area contributed by atoms with Crippen LogP contribution in [0.3, 0.4) is 0 Å². The van der Waals surface area contributed by atoms with Gasteiger partial charge >= 0.3 is 0 Å². The highest BCUT2D eigenvalue weighted by Gasteiger charge is 2.18. The molecule has 0 amide bonds. The lowest BCUT2D eigenvalue weighted by atomic mass is 10.0. The number of aromatic hydroxyl groups is 1. The monoisotopic (exact) mass is 275 g/mol. The minimum atomic E-state index is -0.0708. The van der Waals surface area contributed by atoms with Gasteiger partial charge in [0.2, 0.25) is 5.95 Å². The summed E-state index contributed by atoms with van der Waals surface area (Å²) in [5.41, 5.74) is 12.2. The molecular weight excluding hydrogens is 266 g/mol. The molecule has 5 N–H and O–H groups in total. The van der Waals surface area contributed by atoms with Gasteiger partial charge in [0.1, 0.15) is 23.2 Å². The minimum absolute atomic E-state index is 0.0306. The Labute approximate surface area is 114 Å². The summed E-state index contributed by atoms with van der Waals surface area (Å²) in [6, 6.07) is 5.05. The maximum atomic E-state index is 10.1. The van der Waals surface area contributed by atoms with Crippen molar-refractivity contribution in [2.24, 2.45) is 0 Å². The zero-order valence-corrected chi connectivity index (χ0v) is 10.7. The van der Waals surface area contributed by atoms with Crippen molar-refractivity contribution in [3.05, 3.63) is 28.3 Å². The van der Waals surface area contributed by atoms with Crippen molar-refractivity contribution in [2.75, 3.05) is 11.5 Å². The van der Waals surface area contributed by atoms with E-state index in [1.165, 1.54) is 0 Å². The zero-order valence-electron chi connectivity index (χ0n) is 9.98. The standard InChI is InChI=1S/C12H10ClN5O/c1-5-8(13)3-2-6(10(5)19)9-7(4-14)11(15)18-12(16)17-9/h2-3,19H,1H3,(H4,15,16,17,18). The number of aromatic nitrogens is 2. The summed E-state index contributed by atoms with van der Waals surface area (Å²) >= 11 is 5.90. The number of nitrogens with two attached hydrogens (primary N) is 2. The first kappa shape index (κ1) is 12.9. The van der Waals surface area contributed by atoms with Gasteiger partial charge in [0.25, 0.3) is 0 Å². The number of rotatable bonds is 1. The van der Waals surface area contributed by atoms with Crippen LogP contribution in [0.2, 0.25) is 5.02 Å². The van der Waals surface area contributed by atoms with Gasteiger partial charge in [-0.15, -0.1) is 0 Å².